The fourth-order valence-corrected chi connectivity index (χ4v) is 1.62. The first-order valence-corrected chi connectivity index (χ1v) is 4.75. The van der Waals surface area contributed by atoms with Crippen molar-refractivity contribution in [2.75, 3.05) is 5.32 Å². The van der Waals surface area contributed by atoms with Crippen LogP contribution in [0.5, 0.6) is 0 Å². The molecule has 14 heavy (non-hydrogen) atoms. The van der Waals surface area contributed by atoms with Crippen molar-refractivity contribution in [3.05, 3.63) is 28.5 Å². The Morgan fingerprint density at radius 2 is 2.14 bits per heavy atom. The van der Waals surface area contributed by atoms with Crippen LogP contribution >= 0.6 is 11.3 Å². The Labute approximate surface area is 84.7 Å². The van der Waals surface area contributed by atoms with Gasteiger partial charge in [0.15, 0.2) is 10.9 Å². The Morgan fingerprint density at radius 3 is 2.71 bits per heavy atom. The summed E-state index contributed by atoms with van der Waals surface area (Å²) in [6.07, 6.45) is 4.87. The molecule has 70 valence electrons. The van der Waals surface area contributed by atoms with Crippen molar-refractivity contribution in [1.29, 1.82) is 0 Å². The molecule has 2 aromatic heterocycles. The highest BCUT2D eigenvalue weighted by Gasteiger charge is 1.98. The molecule has 4 nitrogen and oxygen atoms in total. The van der Waals surface area contributed by atoms with Gasteiger partial charge in [-0.1, -0.05) is 24.5 Å². The second kappa shape index (κ2) is 3.55. The molecule has 5 heteroatoms. The summed E-state index contributed by atoms with van der Waals surface area (Å²) in [6.45, 7) is 7.54. The lowest BCUT2D eigenvalue weighted by Gasteiger charge is -1.97. The van der Waals surface area contributed by atoms with E-state index in [0.29, 0.717) is 11.2 Å². The van der Waals surface area contributed by atoms with Crippen LogP contribution in [-0.4, -0.2) is 15.0 Å². The Kier molecular flexibility index (Phi) is 2.24. The SMILES string of the molecule is C=c1nc(Nc2cnccn2)sc1=C. The normalized spacial score (nSPS) is 10.0. The summed E-state index contributed by atoms with van der Waals surface area (Å²) in [7, 11) is 0. The van der Waals surface area contributed by atoms with Crippen molar-refractivity contribution in [2.45, 2.75) is 0 Å². The molecule has 0 amide bonds. The van der Waals surface area contributed by atoms with Gasteiger partial charge in [-0.15, -0.1) is 0 Å². The van der Waals surface area contributed by atoms with Crippen molar-refractivity contribution in [3.8, 4) is 0 Å². The van der Waals surface area contributed by atoms with E-state index in [1.807, 2.05) is 0 Å². The number of thiazole rings is 1. The quantitative estimate of drug-likeness (QED) is 0.774. The lowest BCUT2D eigenvalue weighted by Crippen LogP contribution is -2.16. The molecule has 0 radical (unpaired) electrons. The maximum atomic E-state index is 4.17. The van der Waals surface area contributed by atoms with Gasteiger partial charge in [0.1, 0.15) is 0 Å². The molecule has 1 N–H and O–H groups in total. The average Bonchev–Trinajstić information content (AvgIpc) is 2.47. The van der Waals surface area contributed by atoms with Crippen LogP contribution in [0, 0.1) is 0 Å². The lowest BCUT2D eigenvalue weighted by atomic mass is 10.6. The first-order valence-electron chi connectivity index (χ1n) is 3.93. The Balaban J connectivity index is 2.28. The molecule has 2 aromatic rings. The second-order valence-corrected chi connectivity index (χ2v) is 3.69. The lowest BCUT2D eigenvalue weighted by molar-refractivity contribution is 1.19. The molecule has 0 aliphatic carbocycles. The summed E-state index contributed by atoms with van der Waals surface area (Å²) in [6, 6.07) is 0. The van der Waals surface area contributed by atoms with Crippen LogP contribution in [0.4, 0.5) is 10.9 Å². The zero-order valence-corrected chi connectivity index (χ0v) is 8.21. The smallest absolute Gasteiger partial charge is 0.189 e. The van der Waals surface area contributed by atoms with Gasteiger partial charge in [-0.3, -0.25) is 4.98 Å². The van der Waals surface area contributed by atoms with E-state index in [0.717, 1.165) is 9.66 Å². The number of nitrogens with one attached hydrogen (secondary N) is 1. The van der Waals surface area contributed by atoms with Crippen molar-refractivity contribution in [3.63, 3.8) is 0 Å². The minimum absolute atomic E-state index is 0.668. The summed E-state index contributed by atoms with van der Waals surface area (Å²) in [5.74, 6) is 0.668. The van der Waals surface area contributed by atoms with Crippen LogP contribution in [0.1, 0.15) is 0 Å². The molecule has 0 saturated heterocycles. The molecular weight excluding hydrogens is 196 g/mol. The monoisotopic (exact) mass is 204 g/mol. The minimum Gasteiger partial charge on any atom is -0.315 e. The molecule has 0 spiro atoms. The van der Waals surface area contributed by atoms with Crippen LogP contribution in [0.3, 0.4) is 0 Å². The molecule has 0 aliphatic heterocycles. The highest BCUT2D eigenvalue weighted by Crippen LogP contribution is 2.10. The van der Waals surface area contributed by atoms with Gasteiger partial charge in [-0.2, -0.15) is 0 Å². The maximum absolute atomic E-state index is 4.17. The van der Waals surface area contributed by atoms with Crippen molar-refractivity contribution in [2.24, 2.45) is 0 Å². The van der Waals surface area contributed by atoms with Crippen molar-refractivity contribution in [1.82, 2.24) is 15.0 Å². The van der Waals surface area contributed by atoms with Gasteiger partial charge in [0.25, 0.3) is 0 Å². The minimum atomic E-state index is 0.668. The predicted octanol–water partition coefficient (Wildman–Crippen LogP) is 0.497. The van der Waals surface area contributed by atoms with E-state index in [-0.39, 0.29) is 0 Å². The first-order chi connectivity index (χ1) is 6.75. The fraction of sp³-hybridized carbons (Fsp3) is 0. The Morgan fingerprint density at radius 1 is 1.29 bits per heavy atom. The molecule has 0 bridgehead atoms. The molecule has 0 atom stereocenters. The van der Waals surface area contributed by atoms with Gasteiger partial charge in [0.2, 0.25) is 0 Å². The number of rotatable bonds is 2. The van der Waals surface area contributed by atoms with Crippen LogP contribution in [0.15, 0.2) is 18.6 Å². The largest absolute Gasteiger partial charge is 0.315 e. The number of nitrogens with zero attached hydrogens (tertiary/aromatic N) is 3. The summed E-state index contributed by atoms with van der Waals surface area (Å²) in [5, 5.41) is 4.45. The van der Waals surface area contributed by atoms with E-state index in [9.17, 15) is 0 Å². The number of hydrogen-bond acceptors (Lipinski definition) is 5. The zero-order chi connectivity index (χ0) is 9.97. The van der Waals surface area contributed by atoms with E-state index in [1.54, 1.807) is 18.6 Å². The molecular formula is C9H8N4S. The highest BCUT2D eigenvalue weighted by molar-refractivity contribution is 7.13. The summed E-state index contributed by atoms with van der Waals surface area (Å²) in [5.41, 5.74) is 0. The third-order valence-electron chi connectivity index (χ3n) is 1.58. The van der Waals surface area contributed by atoms with E-state index in [1.165, 1.54) is 11.3 Å². The molecule has 0 aliphatic rings. The maximum Gasteiger partial charge on any atom is 0.189 e. The van der Waals surface area contributed by atoms with E-state index in [2.05, 4.69) is 33.4 Å². The van der Waals surface area contributed by atoms with Gasteiger partial charge in [0, 0.05) is 16.9 Å². The van der Waals surface area contributed by atoms with Gasteiger partial charge >= 0.3 is 0 Å². The highest BCUT2D eigenvalue weighted by atomic mass is 32.1. The van der Waals surface area contributed by atoms with Crippen molar-refractivity contribution < 1.29 is 0 Å². The summed E-state index contributed by atoms with van der Waals surface area (Å²) < 4.78 is 0.858. The van der Waals surface area contributed by atoms with Gasteiger partial charge in [0.05, 0.1) is 11.5 Å². The average molecular weight is 204 g/mol. The number of anilines is 2. The third kappa shape index (κ3) is 1.77. The Hall–Kier alpha value is -1.75. The Bertz CT molecular complexity index is 492. The van der Waals surface area contributed by atoms with Crippen molar-refractivity contribution >= 4 is 35.4 Å². The molecule has 0 saturated carbocycles. The van der Waals surface area contributed by atoms with Gasteiger partial charge in [-0.25, -0.2) is 9.97 Å². The zero-order valence-electron chi connectivity index (χ0n) is 7.40. The van der Waals surface area contributed by atoms with Crippen LogP contribution in [-0.2, 0) is 0 Å². The molecule has 0 aromatic carbocycles. The fourth-order valence-electron chi connectivity index (χ4n) is 0.910. The second-order valence-electron chi connectivity index (χ2n) is 2.60. The van der Waals surface area contributed by atoms with E-state index >= 15 is 0 Å². The van der Waals surface area contributed by atoms with Crippen LogP contribution < -0.4 is 15.2 Å². The van der Waals surface area contributed by atoms with Gasteiger partial charge in [-0.05, 0) is 0 Å². The number of aromatic nitrogens is 3. The molecule has 2 rings (SSSR count). The van der Waals surface area contributed by atoms with Gasteiger partial charge < -0.3 is 5.32 Å². The first kappa shape index (κ1) is 8.83. The topological polar surface area (TPSA) is 50.7 Å². The van der Waals surface area contributed by atoms with E-state index < -0.39 is 0 Å². The molecule has 0 unspecified atom stereocenters. The molecule has 0 fully saturated rings. The molecule has 2 heterocycles. The summed E-state index contributed by atoms with van der Waals surface area (Å²) in [4.78, 5) is 12.2. The summed E-state index contributed by atoms with van der Waals surface area (Å²) >= 11 is 1.45. The van der Waals surface area contributed by atoms with Crippen LogP contribution in [0.2, 0.25) is 0 Å². The van der Waals surface area contributed by atoms with Crippen LogP contribution in [0.25, 0.3) is 13.2 Å². The standard InChI is InChI=1S/C9H8N4S/c1-6-7(2)14-9(12-6)13-8-5-10-3-4-11-8/h3-5H,1-2H2,(H,11,12,13). The van der Waals surface area contributed by atoms with E-state index in [4.69, 9.17) is 0 Å². The predicted molar refractivity (Wildman–Crippen MR) is 57.7 cm³/mol. The number of hydrogen-bond donors (Lipinski definition) is 1. The third-order valence-corrected chi connectivity index (χ3v) is 2.45.